The van der Waals surface area contributed by atoms with Crippen LogP contribution in [0.5, 0.6) is 11.8 Å². The van der Waals surface area contributed by atoms with Crippen molar-refractivity contribution in [2.45, 2.75) is 50.4 Å². The van der Waals surface area contributed by atoms with E-state index >= 15 is 4.39 Å². The Morgan fingerprint density at radius 2 is 1.85 bits per heavy atom. The normalized spacial score (nSPS) is 21.4. The lowest BCUT2D eigenvalue weighted by Gasteiger charge is -2.56. The van der Waals surface area contributed by atoms with E-state index in [4.69, 9.17) is 11.2 Å². The van der Waals surface area contributed by atoms with Crippen LogP contribution in [-0.4, -0.2) is 93.4 Å². The molecule has 15 heteroatoms. The highest BCUT2D eigenvalue weighted by atomic mass is 19.4. The Bertz CT molecular complexity index is 2190. The average molecular weight is 718 g/mol. The van der Waals surface area contributed by atoms with Gasteiger partial charge in [0.2, 0.25) is 0 Å². The van der Waals surface area contributed by atoms with Gasteiger partial charge < -0.3 is 24.5 Å². The van der Waals surface area contributed by atoms with Gasteiger partial charge in [-0.15, -0.1) is 6.42 Å². The lowest BCUT2D eigenvalue weighted by atomic mass is 9.87. The third-order valence-corrected chi connectivity index (χ3v) is 10.9. The van der Waals surface area contributed by atoms with Gasteiger partial charge in [-0.2, -0.15) is 28.4 Å². The Balaban J connectivity index is 1.17. The lowest BCUT2D eigenvalue weighted by Crippen LogP contribution is -2.72. The highest BCUT2D eigenvalue weighted by Crippen LogP contribution is 2.47. The van der Waals surface area contributed by atoms with Crippen LogP contribution in [0.3, 0.4) is 0 Å². The Labute approximate surface area is 294 Å². The highest BCUT2D eigenvalue weighted by Gasteiger charge is 2.55. The first-order chi connectivity index (χ1) is 24.9. The minimum Gasteiger partial charge on any atom is -0.508 e. The number of rotatable bonds is 7. The second-order valence-corrected chi connectivity index (χ2v) is 14.3. The van der Waals surface area contributed by atoms with Crippen LogP contribution in [0, 0.1) is 46.6 Å². The number of phenolic OH excluding ortho intramolecular Hbond substituents is 1. The number of carbonyl (C=O) groups excluding carboxylic acids is 1. The van der Waals surface area contributed by atoms with Crippen molar-refractivity contribution >= 4 is 33.4 Å². The minimum absolute atomic E-state index is 0.0117. The summed E-state index contributed by atoms with van der Waals surface area (Å²) in [6.45, 7) is 2.62. The number of halogens is 5. The van der Waals surface area contributed by atoms with Crippen LogP contribution in [0.4, 0.5) is 27.8 Å². The summed E-state index contributed by atoms with van der Waals surface area (Å²) < 4.78 is 77.9. The van der Waals surface area contributed by atoms with E-state index in [1.807, 2.05) is 0 Å². The number of piperazine rings is 1. The van der Waals surface area contributed by atoms with E-state index in [0.29, 0.717) is 11.8 Å². The maximum Gasteiger partial charge on any atom is 0.471 e. The third kappa shape index (κ3) is 5.87. The Kier molecular flexibility index (Phi) is 8.10. The molecule has 4 aliphatic heterocycles. The number of hydrogen-bond acceptors (Lipinski definition) is 9. The molecule has 0 radical (unpaired) electrons. The molecule has 5 aliphatic rings. The molecule has 9 rings (SSSR count). The van der Waals surface area contributed by atoms with Gasteiger partial charge in [0.05, 0.1) is 35.7 Å². The molecule has 6 heterocycles. The number of anilines is 1. The average Bonchev–Trinajstić information content (AvgIpc) is 3.89. The van der Waals surface area contributed by atoms with Gasteiger partial charge in [0.15, 0.2) is 5.82 Å². The number of aromatic hydroxyl groups is 1. The number of amides is 1. The van der Waals surface area contributed by atoms with Gasteiger partial charge in [-0.3, -0.25) is 9.78 Å². The molecule has 2 aromatic heterocycles. The summed E-state index contributed by atoms with van der Waals surface area (Å²) >= 11 is 0. The molecule has 10 nitrogen and oxygen atoms in total. The van der Waals surface area contributed by atoms with Crippen LogP contribution >= 0.6 is 0 Å². The molecule has 5 fully saturated rings. The SMILES string of the molecule is C#Cc1c(F)ccc2cc(O)cc(-c3ncc4c(N5CC6CC(C5)N6C(=O)C(F)(F)F)nc(OCC5(CN6CCC(C#N)CC6)CC5)nc4c3F)c12. The van der Waals surface area contributed by atoms with E-state index in [2.05, 4.69) is 31.8 Å². The number of aromatic nitrogens is 3. The molecule has 4 aromatic rings. The Hall–Kier alpha value is -5.28. The van der Waals surface area contributed by atoms with Crippen molar-refractivity contribution in [3.63, 3.8) is 0 Å². The molecular weight excluding hydrogens is 685 g/mol. The highest BCUT2D eigenvalue weighted by molar-refractivity contribution is 6.03. The van der Waals surface area contributed by atoms with Crippen molar-refractivity contribution < 1.29 is 36.6 Å². The zero-order chi connectivity index (χ0) is 36.5. The molecule has 1 amide bonds. The largest absolute Gasteiger partial charge is 0.508 e. The molecule has 1 N–H and O–H groups in total. The smallest absolute Gasteiger partial charge is 0.471 e. The van der Waals surface area contributed by atoms with Crippen LogP contribution < -0.4 is 9.64 Å². The second-order valence-electron chi connectivity index (χ2n) is 14.3. The van der Waals surface area contributed by atoms with Crippen LogP contribution in [0.2, 0.25) is 0 Å². The van der Waals surface area contributed by atoms with E-state index in [9.17, 15) is 32.7 Å². The Morgan fingerprint density at radius 3 is 2.50 bits per heavy atom. The van der Waals surface area contributed by atoms with Gasteiger partial charge in [0.1, 0.15) is 28.6 Å². The van der Waals surface area contributed by atoms with Crippen molar-refractivity contribution in [1.82, 2.24) is 24.8 Å². The van der Waals surface area contributed by atoms with E-state index in [-0.39, 0.29) is 81.7 Å². The minimum atomic E-state index is -5.01. The zero-order valence-electron chi connectivity index (χ0n) is 27.8. The number of hydrogen-bond donors (Lipinski definition) is 1. The monoisotopic (exact) mass is 717 g/mol. The number of nitrogens with zero attached hydrogens (tertiary/aromatic N) is 7. The summed E-state index contributed by atoms with van der Waals surface area (Å²) in [6.07, 6.45) is 5.74. The van der Waals surface area contributed by atoms with Crippen molar-refractivity contribution in [2.75, 3.05) is 44.2 Å². The van der Waals surface area contributed by atoms with Gasteiger partial charge in [0.25, 0.3) is 0 Å². The van der Waals surface area contributed by atoms with Crippen molar-refractivity contribution in [3.05, 3.63) is 47.7 Å². The van der Waals surface area contributed by atoms with Crippen molar-refractivity contribution in [2.24, 2.45) is 11.3 Å². The van der Waals surface area contributed by atoms with Crippen LogP contribution in [0.15, 0.2) is 30.5 Å². The van der Waals surface area contributed by atoms with E-state index < -0.39 is 35.8 Å². The first kappa shape index (κ1) is 33.8. The molecule has 268 valence electrons. The predicted molar refractivity (Wildman–Crippen MR) is 179 cm³/mol. The fourth-order valence-electron chi connectivity index (χ4n) is 7.97. The van der Waals surface area contributed by atoms with Crippen LogP contribution in [0.25, 0.3) is 32.9 Å². The lowest BCUT2D eigenvalue weighted by molar-refractivity contribution is -0.199. The van der Waals surface area contributed by atoms with Gasteiger partial charge in [-0.05, 0) is 68.8 Å². The number of fused-ring (bicyclic) bond motifs is 4. The standard InChI is InChI=1S/C37H32F5N7O3/c1-2-25-28(38)4-3-21-11-24(50)13-26(29(21)25)31-30(39)32-27(15-44-31)33(48-16-22-12-23(17-48)49(22)34(51)37(40,41)42)46-35(45-32)52-19-36(7-8-36)18-47-9-5-20(14-43)6-10-47/h1,3-4,11,13,15,20,22-23,50H,5-10,12,16-19H2. The molecular formula is C37H32F5N7O3. The number of alkyl halides is 3. The van der Waals surface area contributed by atoms with Crippen molar-refractivity contribution in [1.29, 1.82) is 5.26 Å². The van der Waals surface area contributed by atoms with E-state index in [1.54, 1.807) is 4.90 Å². The van der Waals surface area contributed by atoms with Gasteiger partial charge >= 0.3 is 18.1 Å². The second kappa shape index (κ2) is 12.4. The molecule has 2 bridgehead atoms. The topological polar surface area (TPSA) is 119 Å². The summed E-state index contributed by atoms with van der Waals surface area (Å²) in [4.78, 5) is 30.5. The summed E-state index contributed by atoms with van der Waals surface area (Å²) in [5.41, 5.74) is -0.762. The molecule has 2 unspecified atom stereocenters. The summed E-state index contributed by atoms with van der Waals surface area (Å²) in [5.74, 6) is -1.22. The van der Waals surface area contributed by atoms with Gasteiger partial charge in [0, 0.05) is 48.1 Å². The Morgan fingerprint density at radius 1 is 1.12 bits per heavy atom. The van der Waals surface area contributed by atoms with Crippen LogP contribution in [-0.2, 0) is 4.79 Å². The number of piperidine rings is 2. The number of pyridine rings is 1. The number of likely N-dealkylation sites (tertiary alicyclic amines) is 1. The summed E-state index contributed by atoms with van der Waals surface area (Å²) in [5, 5.41) is 20.5. The first-order valence-corrected chi connectivity index (χ1v) is 17.1. The molecule has 0 spiro atoms. The van der Waals surface area contributed by atoms with Crippen LogP contribution in [0.1, 0.15) is 37.7 Å². The third-order valence-electron chi connectivity index (χ3n) is 10.9. The number of benzene rings is 2. The fraction of sp³-hybridized carbons (Fsp3) is 0.432. The molecule has 1 saturated carbocycles. The number of nitriles is 1. The summed E-state index contributed by atoms with van der Waals surface area (Å²) in [6, 6.07) is 5.91. The number of carbonyl (C=O) groups is 1. The number of ether oxygens (including phenoxy) is 1. The quantitative estimate of drug-likeness (QED) is 0.194. The first-order valence-electron chi connectivity index (χ1n) is 17.1. The van der Waals surface area contributed by atoms with E-state index in [0.717, 1.165) is 56.3 Å². The number of phenols is 1. The summed E-state index contributed by atoms with van der Waals surface area (Å²) in [7, 11) is 0. The number of terminal acetylenes is 1. The predicted octanol–water partition coefficient (Wildman–Crippen LogP) is 5.56. The molecule has 2 atom stereocenters. The van der Waals surface area contributed by atoms with E-state index in [1.165, 1.54) is 24.4 Å². The molecule has 2 aromatic carbocycles. The molecule has 52 heavy (non-hydrogen) atoms. The molecule has 4 saturated heterocycles. The van der Waals surface area contributed by atoms with Gasteiger partial charge in [-0.25, -0.2) is 8.78 Å². The molecule has 1 aliphatic carbocycles. The zero-order valence-corrected chi connectivity index (χ0v) is 27.8. The maximum atomic E-state index is 16.9. The van der Waals surface area contributed by atoms with Gasteiger partial charge in [-0.1, -0.05) is 12.0 Å². The van der Waals surface area contributed by atoms with Crippen molar-refractivity contribution in [3.8, 4) is 41.4 Å². The fourth-order valence-corrected chi connectivity index (χ4v) is 7.97. The maximum absolute atomic E-state index is 16.9.